The third-order valence-electron chi connectivity index (χ3n) is 5.28. The predicted molar refractivity (Wildman–Crippen MR) is 90.7 cm³/mol. The van der Waals surface area contributed by atoms with E-state index < -0.39 is 0 Å². The van der Waals surface area contributed by atoms with Gasteiger partial charge in [0.25, 0.3) is 0 Å². The topological polar surface area (TPSA) is 15.3 Å². The molecule has 0 bridgehead atoms. The van der Waals surface area contributed by atoms with Gasteiger partial charge in [0.05, 0.1) is 0 Å². The number of anilines is 1. The van der Waals surface area contributed by atoms with Crippen molar-refractivity contribution in [1.29, 1.82) is 0 Å². The molecule has 1 N–H and O–H groups in total. The fourth-order valence-electron chi connectivity index (χ4n) is 3.85. The van der Waals surface area contributed by atoms with Crippen LogP contribution in [0.2, 0.25) is 0 Å². The fourth-order valence-corrected chi connectivity index (χ4v) is 3.85. The summed E-state index contributed by atoms with van der Waals surface area (Å²) in [7, 11) is 0. The molecule has 1 saturated carbocycles. The van der Waals surface area contributed by atoms with Gasteiger partial charge in [-0.25, -0.2) is 0 Å². The average molecular weight is 286 g/mol. The first kappa shape index (κ1) is 14.9. The molecule has 1 heterocycles. The average Bonchev–Trinajstić information content (AvgIpc) is 2.67. The molecule has 3 rings (SSSR count). The Hall–Kier alpha value is -1.02. The predicted octanol–water partition coefficient (Wildman–Crippen LogP) is 4.34. The van der Waals surface area contributed by atoms with Gasteiger partial charge in [-0.15, -0.1) is 0 Å². The molecule has 1 unspecified atom stereocenters. The zero-order valence-corrected chi connectivity index (χ0v) is 13.9. The SMILES string of the molecule is CC(C)(C)C1CN(C2CCCCC2)c2ccccc2CN1. The van der Waals surface area contributed by atoms with Crippen LogP contribution in [0.25, 0.3) is 0 Å². The molecular weight excluding hydrogens is 256 g/mol. The van der Waals surface area contributed by atoms with Gasteiger partial charge in [-0.1, -0.05) is 58.2 Å². The number of nitrogens with one attached hydrogen (secondary N) is 1. The highest BCUT2D eigenvalue weighted by molar-refractivity contribution is 5.55. The first-order chi connectivity index (χ1) is 10.1. The molecule has 1 aliphatic heterocycles. The molecule has 21 heavy (non-hydrogen) atoms. The van der Waals surface area contributed by atoms with Gasteiger partial charge in [-0.3, -0.25) is 0 Å². The van der Waals surface area contributed by atoms with Gasteiger partial charge < -0.3 is 10.2 Å². The van der Waals surface area contributed by atoms with Gasteiger partial charge in [0.1, 0.15) is 0 Å². The molecule has 1 atom stereocenters. The van der Waals surface area contributed by atoms with Crippen LogP contribution in [0.4, 0.5) is 5.69 Å². The second kappa shape index (κ2) is 6.00. The molecule has 0 saturated heterocycles. The van der Waals surface area contributed by atoms with E-state index in [1.165, 1.54) is 43.4 Å². The molecule has 1 aromatic rings. The maximum absolute atomic E-state index is 3.81. The molecule has 1 fully saturated rings. The van der Waals surface area contributed by atoms with Gasteiger partial charge >= 0.3 is 0 Å². The Balaban J connectivity index is 1.91. The Kier molecular flexibility index (Phi) is 4.26. The third kappa shape index (κ3) is 3.26. The van der Waals surface area contributed by atoms with Gasteiger partial charge in [0, 0.05) is 30.9 Å². The monoisotopic (exact) mass is 286 g/mol. The second-order valence-electron chi connectivity index (χ2n) is 7.87. The maximum atomic E-state index is 3.81. The standard InChI is InChI=1S/C19H30N2/c1-19(2,3)18-14-21(16-10-5-4-6-11-16)17-12-8-7-9-15(17)13-20-18/h7-9,12,16,18,20H,4-6,10-11,13-14H2,1-3H3. The number of rotatable bonds is 1. The molecule has 1 aromatic carbocycles. The molecule has 116 valence electrons. The fraction of sp³-hybridized carbons (Fsp3) is 0.684. The molecule has 2 aliphatic rings. The molecule has 2 heteroatoms. The second-order valence-corrected chi connectivity index (χ2v) is 7.87. The first-order valence-electron chi connectivity index (χ1n) is 8.63. The number of para-hydroxylation sites is 1. The molecular formula is C19H30N2. The number of hydrogen-bond donors (Lipinski definition) is 1. The van der Waals surface area contributed by atoms with E-state index in [4.69, 9.17) is 0 Å². The highest BCUT2D eigenvalue weighted by atomic mass is 15.2. The van der Waals surface area contributed by atoms with Crippen LogP contribution in [0.5, 0.6) is 0 Å². The summed E-state index contributed by atoms with van der Waals surface area (Å²) in [6.45, 7) is 9.23. The molecule has 0 spiro atoms. The largest absolute Gasteiger partial charge is 0.367 e. The van der Waals surface area contributed by atoms with Gasteiger partial charge in [0.2, 0.25) is 0 Å². The number of benzene rings is 1. The van der Waals surface area contributed by atoms with Crippen LogP contribution in [0.3, 0.4) is 0 Å². The minimum Gasteiger partial charge on any atom is -0.367 e. The van der Waals surface area contributed by atoms with E-state index in [0.29, 0.717) is 11.5 Å². The van der Waals surface area contributed by atoms with Crippen LogP contribution >= 0.6 is 0 Å². The van der Waals surface area contributed by atoms with E-state index >= 15 is 0 Å². The van der Waals surface area contributed by atoms with Crippen LogP contribution < -0.4 is 10.2 Å². The van der Waals surface area contributed by atoms with E-state index in [2.05, 4.69) is 55.3 Å². The molecule has 0 aromatic heterocycles. The summed E-state index contributed by atoms with van der Waals surface area (Å²) in [6.07, 6.45) is 6.96. The van der Waals surface area contributed by atoms with E-state index in [1.807, 2.05) is 0 Å². The van der Waals surface area contributed by atoms with E-state index in [-0.39, 0.29) is 0 Å². The van der Waals surface area contributed by atoms with Gasteiger partial charge in [-0.2, -0.15) is 0 Å². The highest BCUT2D eigenvalue weighted by Crippen LogP contribution is 2.34. The highest BCUT2D eigenvalue weighted by Gasteiger charge is 2.32. The lowest BCUT2D eigenvalue weighted by molar-refractivity contribution is 0.263. The van der Waals surface area contributed by atoms with Crippen molar-refractivity contribution in [3.8, 4) is 0 Å². The minimum atomic E-state index is 0.301. The molecule has 0 radical (unpaired) electrons. The normalized spacial score (nSPS) is 24.5. The van der Waals surface area contributed by atoms with Crippen molar-refractivity contribution in [2.75, 3.05) is 11.4 Å². The van der Waals surface area contributed by atoms with E-state index in [1.54, 1.807) is 0 Å². The Morgan fingerprint density at radius 1 is 1.05 bits per heavy atom. The number of nitrogens with zero attached hydrogens (tertiary/aromatic N) is 1. The summed E-state index contributed by atoms with van der Waals surface area (Å²) in [5.41, 5.74) is 3.24. The zero-order chi connectivity index (χ0) is 14.9. The Labute approximate surface area is 129 Å². The number of hydrogen-bond acceptors (Lipinski definition) is 2. The van der Waals surface area contributed by atoms with Crippen molar-refractivity contribution in [3.63, 3.8) is 0 Å². The van der Waals surface area contributed by atoms with Gasteiger partial charge in [0.15, 0.2) is 0 Å². The van der Waals surface area contributed by atoms with Crippen molar-refractivity contribution in [2.45, 2.75) is 71.5 Å². The van der Waals surface area contributed by atoms with Crippen LogP contribution in [0.1, 0.15) is 58.4 Å². The maximum Gasteiger partial charge on any atom is 0.0414 e. The van der Waals surface area contributed by atoms with Crippen LogP contribution in [0, 0.1) is 5.41 Å². The summed E-state index contributed by atoms with van der Waals surface area (Å²) in [5.74, 6) is 0. The minimum absolute atomic E-state index is 0.301. The van der Waals surface area contributed by atoms with Crippen molar-refractivity contribution in [1.82, 2.24) is 5.32 Å². The Morgan fingerprint density at radius 3 is 2.48 bits per heavy atom. The Morgan fingerprint density at radius 2 is 1.76 bits per heavy atom. The van der Waals surface area contributed by atoms with Crippen LogP contribution in [-0.2, 0) is 6.54 Å². The zero-order valence-electron chi connectivity index (χ0n) is 13.9. The smallest absolute Gasteiger partial charge is 0.0414 e. The first-order valence-corrected chi connectivity index (χ1v) is 8.63. The van der Waals surface area contributed by atoms with Crippen LogP contribution in [-0.4, -0.2) is 18.6 Å². The van der Waals surface area contributed by atoms with Crippen molar-refractivity contribution in [3.05, 3.63) is 29.8 Å². The van der Waals surface area contributed by atoms with Crippen LogP contribution in [0.15, 0.2) is 24.3 Å². The lowest BCUT2D eigenvalue weighted by Gasteiger charge is -2.40. The van der Waals surface area contributed by atoms with E-state index in [0.717, 1.165) is 19.1 Å². The molecule has 2 nitrogen and oxygen atoms in total. The van der Waals surface area contributed by atoms with Crippen molar-refractivity contribution < 1.29 is 0 Å². The summed E-state index contributed by atoms with van der Waals surface area (Å²) in [5, 5.41) is 3.81. The van der Waals surface area contributed by atoms with Gasteiger partial charge in [-0.05, 0) is 29.9 Å². The summed E-state index contributed by atoms with van der Waals surface area (Å²) in [6, 6.07) is 10.3. The van der Waals surface area contributed by atoms with Crippen molar-refractivity contribution in [2.24, 2.45) is 5.41 Å². The summed E-state index contributed by atoms with van der Waals surface area (Å²) >= 11 is 0. The van der Waals surface area contributed by atoms with E-state index in [9.17, 15) is 0 Å². The molecule has 1 aliphatic carbocycles. The summed E-state index contributed by atoms with van der Waals surface area (Å²) < 4.78 is 0. The summed E-state index contributed by atoms with van der Waals surface area (Å²) in [4.78, 5) is 2.73. The Bertz CT molecular complexity index is 469. The number of fused-ring (bicyclic) bond motifs is 1. The third-order valence-corrected chi connectivity index (χ3v) is 5.28. The van der Waals surface area contributed by atoms with Crippen molar-refractivity contribution >= 4 is 5.69 Å². The lowest BCUT2D eigenvalue weighted by Crippen LogP contribution is -2.49. The molecule has 0 amide bonds. The quantitative estimate of drug-likeness (QED) is 0.826. The lowest BCUT2D eigenvalue weighted by atomic mass is 9.85.